The van der Waals surface area contributed by atoms with Crippen LogP contribution in [-0.4, -0.2) is 19.0 Å². The minimum Gasteiger partial charge on any atom is -0.356 e. The molecule has 0 unspecified atom stereocenters. The number of carbonyl (C=O) groups is 1. The van der Waals surface area contributed by atoms with Crippen molar-refractivity contribution in [2.45, 2.75) is 46.0 Å². The van der Waals surface area contributed by atoms with Crippen LogP contribution in [0.2, 0.25) is 0 Å². The molecule has 0 aromatic rings. The van der Waals surface area contributed by atoms with Gasteiger partial charge in [-0.15, -0.1) is 0 Å². The SMILES string of the molecule is CCC(CC)(CN)C(=O)NCCCCC#N. The molecule has 0 aliphatic rings. The van der Waals surface area contributed by atoms with Gasteiger partial charge in [0.25, 0.3) is 0 Å². The van der Waals surface area contributed by atoms with Crippen LogP contribution >= 0.6 is 0 Å². The van der Waals surface area contributed by atoms with Gasteiger partial charge in [0.1, 0.15) is 0 Å². The van der Waals surface area contributed by atoms with Crippen molar-refractivity contribution in [3.8, 4) is 6.07 Å². The summed E-state index contributed by atoms with van der Waals surface area (Å²) in [5.74, 6) is 0.0527. The summed E-state index contributed by atoms with van der Waals surface area (Å²) in [5, 5.41) is 11.3. The van der Waals surface area contributed by atoms with Crippen LogP contribution in [-0.2, 0) is 4.79 Å². The quantitative estimate of drug-likeness (QED) is 0.615. The second-order valence-electron chi connectivity index (χ2n) is 4.06. The standard InChI is InChI=1S/C12H23N3O/c1-3-12(4-2,10-14)11(16)15-9-7-5-6-8-13/h3-7,9-10,14H2,1-2H3,(H,15,16). The number of carbonyl (C=O) groups excluding carboxylic acids is 1. The number of nitrogens with two attached hydrogens (primary N) is 1. The van der Waals surface area contributed by atoms with Crippen molar-refractivity contribution in [1.29, 1.82) is 5.26 Å². The maximum absolute atomic E-state index is 11.9. The molecular weight excluding hydrogens is 202 g/mol. The number of nitrogens with zero attached hydrogens (tertiary/aromatic N) is 1. The number of nitriles is 1. The van der Waals surface area contributed by atoms with E-state index in [0.717, 1.165) is 25.7 Å². The molecule has 4 heteroatoms. The van der Waals surface area contributed by atoms with Crippen LogP contribution in [0.15, 0.2) is 0 Å². The molecule has 1 amide bonds. The van der Waals surface area contributed by atoms with Crippen LogP contribution in [0.5, 0.6) is 0 Å². The first-order valence-electron chi connectivity index (χ1n) is 6.02. The minimum atomic E-state index is -0.408. The molecule has 16 heavy (non-hydrogen) atoms. The topological polar surface area (TPSA) is 78.9 Å². The van der Waals surface area contributed by atoms with E-state index in [9.17, 15) is 4.79 Å². The van der Waals surface area contributed by atoms with Gasteiger partial charge in [0, 0.05) is 19.5 Å². The second kappa shape index (κ2) is 8.12. The van der Waals surface area contributed by atoms with Gasteiger partial charge >= 0.3 is 0 Å². The normalized spacial score (nSPS) is 10.9. The van der Waals surface area contributed by atoms with Crippen molar-refractivity contribution in [3.63, 3.8) is 0 Å². The zero-order chi connectivity index (χ0) is 12.4. The highest BCUT2D eigenvalue weighted by Crippen LogP contribution is 2.24. The first kappa shape index (κ1) is 14.9. The molecule has 0 aliphatic heterocycles. The number of nitrogens with one attached hydrogen (secondary N) is 1. The number of rotatable bonds is 8. The zero-order valence-electron chi connectivity index (χ0n) is 10.4. The van der Waals surface area contributed by atoms with Crippen molar-refractivity contribution < 1.29 is 4.79 Å². The van der Waals surface area contributed by atoms with Gasteiger partial charge in [-0.05, 0) is 25.7 Å². The van der Waals surface area contributed by atoms with Gasteiger partial charge < -0.3 is 11.1 Å². The molecule has 0 saturated heterocycles. The Morgan fingerprint density at radius 2 is 2.00 bits per heavy atom. The second-order valence-corrected chi connectivity index (χ2v) is 4.06. The molecule has 0 fully saturated rings. The lowest BCUT2D eigenvalue weighted by atomic mass is 9.81. The highest BCUT2D eigenvalue weighted by atomic mass is 16.2. The van der Waals surface area contributed by atoms with Gasteiger partial charge in [-0.25, -0.2) is 0 Å². The minimum absolute atomic E-state index is 0.0527. The molecule has 92 valence electrons. The van der Waals surface area contributed by atoms with Crippen molar-refractivity contribution in [2.75, 3.05) is 13.1 Å². The van der Waals surface area contributed by atoms with E-state index in [1.54, 1.807) is 0 Å². The summed E-state index contributed by atoms with van der Waals surface area (Å²) in [6.07, 6.45) is 3.78. The van der Waals surface area contributed by atoms with Crippen molar-refractivity contribution in [3.05, 3.63) is 0 Å². The lowest BCUT2D eigenvalue weighted by Crippen LogP contribution is -2.45. The predicted octanol–water partition coefficient (Wildman–Crippen LogP) is 1.56. The van der Waals surface area contributed by atoms with E-state index in [0.29, 0.717) is 19.5 Å². The average molecular weight is 225 g/mol. The van der Waals surface area contributed by atoms with Crippen LogP contribution in [0.4, 0.5) is 0 Å². The fourth-order valence-corrected chi connectivity index (χ4v) is 1.67. The highest BCUT2D eigenvalue weighted by Gasteiger charge is 2.32. The third-order valence-corrected chi connectivity index (χ3v) is 3.23. The van der Waals surface area contributed by atoms with Crippen molar-refractivity contribution >= 4 is 5.91 Å². The maximum Gasteiger partial charge on any atom is 0.227 e. The molecule has 0 spiro atoms. The van der Waals surface area contributed by atoms with Crippen LogP contribution in [0, 0.1) is 16.7 Å². The summed E-state index contributed by atoms with van der Waals surface area (Å²) in [7, 11) is 0. The fraction of sp³-hybridized carbons (Fsp3) is 0.833. The Labute approximate surface area is 98.2 Å². The average Bonchev–Trinajstić information content (AvgIpc) is 2.32. The number of hydrogen-bond donors (Lipinski definition) is 2. The molecule has 0 rings (SSSR count). The van der Waals surface area contributed by atoms with Gasteiger partial charge in [-0.3, -0.25) is 4.79 Å². The third kappa shape index (κ3) is 4.19. The third-order valence-electron chi connectivity index (χ3n) is 3.23. The molecule has 0 aliphatic carbocycles. The van der Waals surface area contributed by atoms with Gasteiger partial charge in [-0.2, -0.15) is 5.26 Å². The Bertz CT molecular complexity index is 233. The number of hydrogen-bond acceptors (Lipinski definition) is 3. The van der Waals surface area contributed by atoms with Crippen molar-refractivity contribution in [2.24, 2.45) is 11.1 Å². The number of unbranched alkanes of at least 4 members (excludes halogenated alkanes) is 2. The molecule has 4 nitrogen and oxygen atoms in total. The zero-order valence-corrected chi connectivity index (χ0v) is 10.4. The molecule has 0 saturated carbocycles. The smallest absolute Gasteiger partial charge is 0.227 e. The van der Waals surface area contributed by atoms with E-state index in [1.165, 1.54) is 0 Å². The maximum atomic E-state index is 11.9. The van der Waals surface area contributed by atoms with Gasteiger partial charge in [0.2, 0.25) is 5.91 Å². The Kier molecular flexibility index (Phi) is 7.57. The summed E-state index contributed by atoms with van der Waals surface area (Å²) in [6.45, 7) is 5.02. The Balaban J connectivity index is 3.99. The summed E-state index contributed by atoms with van der Waals surface area (Å²) < 4.78 is 0. The van der Waals surface area contributed by atoms with E-state index in [-0.39, 0.29) is 5.91 Å². The molecule has 3 N–H and O–H groups in total. The first-order chi connectivity index (χ1) is 7.66. The monoisotopic (exact) mass is 225 g/mol. The van der Waals surface area contributed by atoms with Gasteiger partial charge in [0.15, 0.2) is 0 Å². The lowest BCUT2D eigenvalue weighted by molar-refractivity contribution is -0.131. The molecule has 0 aromatic carbocycles. The highest BCUT2D eigenvalue weighted by molar-refractivity contribution is 5.82. The predicted molar refractivity (Wildman–Crippen MR) is 64.5 cm³/mol. The molecule has 0 heterocycles. The van der Waals surface area contributed by atoms with Gasteiger partial charge in [-0.1, -0.05) is 13.8 Å². The largest absolute Gasteiger partial charge is 0.356 e. The van der Waals surface area contributed by atoms with Crippen LogP contribution in [0.3, 0.4) is 0 Å². The summed E-state index contributed by atoms with van der Waals surface area (Å²) >= 11 is 0. The summed E-state index contributed by atoms with van der Waals surface area (Å²) in [5.41, 5.74) is 5.27. The van der Waals surface area contributed by atoms with E-state index < -0.39 is 5.41 Å². The Morgan fingerprint density at radius 1 is 1.38 bits per heavy atom. The molecule has 0 atom stereocenters. The summed E-state index contributed by atoms with van der Waals surface area (Å²) in [4.78, 5) is 11.9. The number of amides is 1. The van der Waals surface area contributed by atoms with E-state index >= 15 is 0 Å². The van der Waals surface area contributed by atoms with E-state index in [1.807, 2.05) is 13.8 Å². The Morgan fingerprint density at radius 3 is 2.44 bits per heavy atom. The fourth-order valence-electron chi connectivity index (χ4n) is 1.67. The summed E-state index contributed by atoms with van der Waals surface area (Å²) in [6, 6.07) is 2.09. The van der Waals surface area contributed by atoms with Gasteiger partial charge in [0.05, 0.1) is 11.5 Å². The van der Waals surface area contributed by atoms with Crippen LogP contribution < -0.4 is 11.1 Å². The first-order valence-corrected chi connectivity index (χ1v) is 6.02. The van der Waals surface area contributed by atoms with E-state index in [4.69, 9.17) is 11.0 Å². The van der Waals surface area contributed by atoms with Crippen molar-refractivity contribution in [1.82, 2.24) is 5.32 Å². The molecule has 0 radical (unpaired) electrons. The lowest BCUT2D eigenvalue weighted by Gasteiger charge is -2.28. The molecule has 0 aromatic heterocycles. The van der Waals surface area contributed by atoms with Crippen LogP contribution in [0.1, 0.15) is 46.0 Å². The van der Waals surface area contributed by atoms with E-state index in [2.05, 4.69) is 11.4 Å². The van der Waals surface area contributed by atoms with Crippen LogP contribution in [0.25, 0.3) is 0 Å². The Hall–Kier alpha value is -1.08. The molecular formula is C12H23N3O. The molecule has 0 bridgehead atoms.